The second kappa shape index (κ2) is 15.4. The molecular formula is C38H42FN3O4S. The molecule has 0 unspecified atom stereocenters. The van der Waals surface area contributed by atoms with E-state index in [0.717, 1.165) is 70.8 Å². The normalized spacial score (nSPS) is 14.3. The lowest BCUT2D eigenvalue weighted by Crippen LogP contribution is -2.55. The van der Waals surface area contributed by atoms with Crippen molar-refractivity contribution in [1.29, 1.82) is 0 Å². The van der Waals surface area contributed by atoms with Crippen LogP contribution < -0.4 is 9.62 Å². The molecule has 1 aliphatic carbocycles. The van der Waals surface area contributed by atoms with Crippen LogP contribution in [0.2, 0.25) is 0 Å². The zero-order valence-electron chi connectivity index (χ0n) is 26.9. The Morgan fingerprint density at radius 3 is 2.13 bits per heavy atom. The Kier molecular flexibility index (Phi) is 11.1. The van der Waals surface area contributed by atoms with E-state index >= 15 is 0 Å². The lowest BCUT2D eigenvalue weighted by molar-refractivity contribution is -0.140. The first-order valence-electron chi connectivity index (χ1n) is 16.1. The van der Waals surface area contributed by atoms with Gasteiger partial charge in [-0.05, 0) is 74.2 Å². The van der Waals surface area contributed by atoms with Crippen molar-refractivity contribution in [3.8, 4) is 0 Å². The average Bonchev–Trinajstić information content (AvgIpc) is 3.06. The summed E-state index contributed by atoms with van der Waals surface area (Å²) in [5.41, 5.74) is 3.91. The van der Waals surface area contributed by atoms with Gasteiger partial charge in [-0.2, -0.15) is 0 Å². The van der Waals surface area contributed by atoms with Crippen LogP contribution in [0.4, 0.5) is 10.1 Å². The number of carbonyl (C=O) groups excluding carboxylic acids is 2. The molecule has 0 saturated heterocycles. The van der Waals surface area contributed by atoms with Crippen LogP contribution in [-0.4, -0.2) is 43.8 Å². The molecule has 47 heavy (non-hydrogen) atoms. The van der Waals surface area contributed by atoms with Crippen molar-refractivity contribution in [2.45, 2.75) is 75.9 Å². The minimum atomic E-state index is -4.30. The van der Waals surface area contributed by atoms with E-state index in [9.17, 15) is 22.4 Å². The number of nitrogens with zero attached hydrogens (tertiary/aromatic N) is 2. The van der Waals surface area contributed by atoms with Crippen molar-refractivity contribution >= 4 is 27.5 Å². The fraction of sp³-hybridized carbons (Fsp3) is 0.316. The summed E-state index contributed by atoms with van der Waals surface area (Å²) in [5.74, 6) is -1.36. The van der Waals surface area contributed by atoms with Gasteiger partial charge < -0.3 is 10.2 Å². The maximum Gasteiger partial charge on any atom is 0.264 e. The average molecular weight is 656 g/mol. The first-order chi connectivity index (χ1) is 22.6. The van der Waals surface area contributed by atoms with Crippen LogP contribution in [0.5, 0.6) is 0 Å². The monoisotopic (exact) mass is 655 g/mol. The number of aryl methyl sites for hydroxylation is 2. The quantitative estimate of drug-likeness (QED) is 0.184. The van der Waals surface area contributed by atoms with Gasteiger partial charge in [0.05, 0.1) is 10.6 Å². The van der Waals surface area contributed by atoms with Crippen LogP contribution >= 0.6 is 0 Å². The molecule has 2 amide bonds. The van der Waals surface area contributed by atoms with Crippen molar-refractivity contribution in [1.82, 2.24) is 10.2 Å². The zero-order valence-corrected chi connectivity index (χ0v) is 27.8. The van der Waals surface area contributed by atoms with Crippen molar-refractivity contribution in [3.63, 3.8) is 0 Å². The highest BCUT2D eigenvalue weighted by atomic mass is 32.2. The topological polar surface area (TPSA) is 86.8 Å². The Morgan fingerprint density at radius 2 is 1.47 bits per heavy atom. The summed E-state index contributed by atoms with van der Waals surface area (Å²) >= 11 is 0. The van der Waals surface area contributed by atoms with Crippen molar-refractivity contribution in [2.75, 3.05) is 10.8 Å². The SMILES string of the molecule is Cc1ccc(N(CC(=O)N(Cc2cccc(C)c2)[C@@H](Cc2ccccc2)C(=O)NC2CCCCC2)S(=O)(=O)c2ccc(F)cc2)cc1. The molecule has 0 bridgehead atoms. The van der Waals surface area contributed by atoms with Gasteiger partial charge in [0, 0.05) is 19.0 Å². The van der Waals surface area contributed by atoms with Crippen LogP contribution in [0, 0.1) is 19.7 Å². The highest BCUT2D eigenvalue weighted by Crippen LogP contribution is 2.26. The largest absolute Gasteiger partial charge is 0.352 e. The number of rotatable bonds is 12. The number of hydrogen-bond donors (Lipinski definition) is 1. The Labute approximate surface area is 277 Å². The summed E-state index contributed by atoms with van der Waals surface area (Å²) in [7, 11) is -4.30. The van der Waals surface area contributed by atoms with Crippen LogP contribution in [0.25, 0.3) is 0 Å². The molecule has 1 atom stereocenters. The van der Waals surface area contributed by atoms with E-state index in [2.05, 4.69) is 5.32 Å². The fourth-order valence-electron chi connectivity index (χ4n) is 6.08. The summed E-state index contributed by atoms with van der Waals surface area (Å²) in [6, 6.07) is 27.8. The van der Waals surface area contributed by atoms with Gasteiger partial charge in [-0.15, -0.1) is 0 Å². The lowest BCUT2D eigenvalue weighted by atomic mass is 9.94. The highest BCUT2D eigenvalue weighted by molar-refractivity contribution is 7.92. The minimum absolute atomic E-state index is 0.0216. The summed E-state index contributed by atoms with van der Waals surface area (Å²) in [6.07, 6.45) is 5.22. The molecular weight excluding hydrogens is 614 g/mol. The Balaban J connectivity index is 1.56. The van der Waals surface area contributed by atoms with Gasteiger partial charge >= 0.3 is 0 Å². The maximum atomic E-state index is 14.6. The molecule has 0 aliphatic heterocycles. The van der Waals surface area contributed by atoms with E-state index in [1.54, 1.807) is 24.3 Å². The number of amides is 2. The van der Waals surface area contributed by atoms with Crippen molar-refractivity contribution < 1.29 is 22.4 Å². The Morgan fingerprint density at radius 1 is 0.809 bits per heavy atom. The molecule has 0 spiro atoms. The second-order valence-electron chi connectivity index (χ2n) is 12.4. The predicted octanol–water partition coefficient (Wildman–Crippen LogP) is 6.73. The molecule has 1 aliphatic rings. The van der Waals surface area contributed by atoms with E-state index in [1.807, 2.05) is 68.4 Å². The summed E-state index contributed by atoms with van der Waals surface area (Å²) in [6.45, 7) is 3.39. The van der Waals surface area contributed by atoms with Crippen LogP contribution in [0.1, 0.15) is 54.4 Å². The third kappa shape index (κ3) is 8.86. The number of anilines is 1. The smallest absolute Gasteiger partial charge is 0.264 e. The lowest BCUT2D eigenvalue weighted by Gasteiger charge is -2.35. The predicted molar refractivity (Wildman–Crippen MR) is 183 cm³/mol. The standard InChI is InChI=1S/C38H42FN3O4S/c1-28-16-20-34(21-17-28)42(47(45,46)35-22-18-32(39)19-23-35)27-37(43)41(26-31-13-9-10-29(2)24-31)36(25-30-11-5-3-6-12-30)38(44)40-33-14-7-4-8-15-33/h3,5-6,9-13,16-24,33,36H,4,7-8,14-15,25-27H2,1-2H3,(H,40,44)/t36-/m0/s1. The minimum Gasteiger partial charge on any atom is -0.352 e. The van der Waals surface area contributed by atoms with E-state index in [4.69, 9.17) is 0 Å². The number of benzene rings is 4. The van der Waals surface area contributed by atoms with E-state index in [1.165, 1.54) is 17.0 Å². The number of nitrogens with one attached hydrogen (secondary N) is 1. The molecule has 4 aromatic rings. The van der Waals surface area contributed by atoms with Crippen LogP contribution in [0.15, 0.2) is 108 Å². The van der Waals surface area contributed by atoms with Gasteiger partial charge in [0.2, 0.25) is 11.8 Å². The third-order valence-electron chi connectivity index (χ3n) is 8.66. The molecule has 0 aromatic heterocycles. The number of halogens is 1. The molecule has 0 radical (unpaired) electrons. The van der Waals surface area contributed by atoms with Gasteiger partial charge in [0.15, 0.2) is 0 Å². The van der Waals surface area contributed by atoms with Crippen molar-refractivity contribution in [3.05, 3.63) is 131 Å². The highest BCUT2D eigenvalue weighted by Gasteiger charge is 2.35. The number of sulfonamides is 1. The molecule has 0 heterocycles. The molecule has 4 aromatic carbocycles. The molecule has 1 saturated carbocycles. The second-order valence-corrected chi connectivity index (χ2v) is 14.2. The van der Waals surface area contributed by atoms with Gasteiger partial charge in [-0.1, -0.05) is 97.1 Å². The molecule has 5 rings (SSSR count). The van der Waals surface area contributed by atoms with Crippen molar-refractivity contribution in [2.24, 2.45) is 0 Å². The molecule has 1 fully saturated rings. The number of carbonyl (C=O) groups is 2. The van der Waals surface area contributed by atoms with Gasteiger partial charge in [0.1, 0.15) is 18.4 Å². The molecule has 9 heteroatoms. The molecule has 1 N–H and O–H groups in total. The maximum absolute atomic E-state index is 14.6. The van der Waals surface area contributed by atoms with Gasteiger partial charge in [-0.3, -0.25) is 13.9 Å². The Bertz CT molecular complexity index is 1760. The molecule has 7 nitrogen and oxygen atoms in total. The molecule has 246 valence electrons. The fourth-order valence-corrected chi connectivity index (χ4v) is 7.49. The van der Waals surface area contributed by atoms with E-state index in [0.29, 0.717) is 0 Å². The summed E-state index contributed by atoms with van der Waals surface area (Å²) < 4.78 is 43.0. The van der Waals surface area contributed by atoms with Gasteiger partial charge in [-0.25, -0.2) is 12.8 Å². The zero-order chi connectivity index (χ0) is 33.4. The summed E-state index contributed by atoms with van der Waals surface area (Å²) in [5, 5.41) is 3.22. The van der Waals surface area contributed by atoms with E-state index < -0.39 is 34.3 Å². The summed E-state index contributed by atoms with van der Waals surface area (Å²) in [4.78, 5) is 30.2. The first-order valence-corrected chi connectivity index (χ1v) is 17.6. The van der Waals surface area contributed by atoms with Gasteiger partial charge in [0.25, 0.3) is 10.0 Å². The van der Waals surface area contributed by atoms with Crippen LogP contribution in [-0.2, 0) is 32.6 Å². The first kappa shape index (κ1) is 33.9. The Hall–Kier alpha value is -4.50. The van der Waals surface area contributed by atoms with E-state index in [-0.39, 0.29) is 35.5 Å². The number of hydrogen-bond acceptors (Lipinski definition) is 4. The third-order valence-corrected chi connectivity index (χ3v) is 10.4. The van der Waals surface area contributed by atoms with Crippen LogP contribution in [0.3, 0.4) is 0 Å².